The van der Waals surface area contributed by atoms with E-state index in [-0.39, 0.29) is 0 Å². The molecule has 0 heterocycles. The Kier molecular flexibility index (Phi) is 7.49. The summed E-state index contributed by atoms with van der Waals surface area (Å²) in [6.45, 7) is 13.8. The molecule has 3 saturated carbocycles. The lowest BCUT2D eigenvalue weighted by molar-refractivity contribution is 0.0861. The first-order valence-electron chi connectivity index (χ1n) is 12.2. The molecule has 29 heavy (non-hydrogen) atoms. The molecule has 2 heteroatoms. The van der Waals surface area contributed by atoms with Crippen molar-refractivity contribution in [3.8, 4) is 0 Å². The molecule has 3 aliphatic rings. The van der Waals surface area contributed by atoms with Crippen molar-refractivity contribution >= 4 is 0 Å². The van der Waals surface area contributed by atoms with Gasteiger partial charge in [-0.15, -0.1) is 0 Å². The monoisotopic (exact) mass is 400 g/mol. The fraction of sp³-hybridized carbons (Fsp3) is 0.778. The van der Waals surface area contributed by atoms with Crippen LogP contribution in [0.25, 0.3) is 0 Å². The maximum atomic E-state index is 10.1. The highest BCUT2D eigenvalue weighted by Crippen LogP contribution is 2.59. The van der Waals surface area contributed by atoms with E-state index in [1.54, 1.807) is 5.57 Å². The number of fused-ring (bicyclic) bond motifs is 1. The van der Waals surface area contributed by atoms with Crippen LogP contribution in [0.5, 0.6) is 0 Å². The van der Waals surface area contributed by atoms with E-state index in [0.29, 0.717) is 24.2 Å². The Balaban J connectivity index is 1.71. The molecule has 6 atom stereocenters. The average Bonchev–Trinajstić information content (AvgIpc) is 3.00. The van der Waals surface area contributed by atoms with E-state index in [2.05, 4.69) is 46.4 Å². The lowest BCUT2D eigenvalue weighted by atomic mass is 9.60. The van der Waals surface area contributed by atoms with E-state index in [9.17, 15) is 10.2 Å². The Hall–Kier alpha value is -0.860. The Bertz CT molecular complexity index is 643. The summed E-state index contributed by atoms with van der Waals surface area (Å²) in [4.78, 5) is 0. The van der Waals surface area contributed by atoms with Crippen LogP contribution in [0.2, 0.25) is 0 Å². The van der Waals surface area contributed by atoms with Crippen LogP contribution in [0.15, 0.2) is 35.5 Å². The first kappa shape index (κ1) is 22.8. The predicted molar refractivity (Wildman–Crippen MR) is 123 cm³/mol. The van der Waals surface area contributed by atoms with Gasteiger partial charge in [-0.05, 0) is 78.8 Å². The summed E-state index contributed by atoms with van der Waals surface area (Å²) in [5, 5.41) is 20.2. The molecule has 2 N–H and O–H groups in total. The lowest BCUT2D eigenvalue weighted by Crippen LogP contribution is -2.36. The SMILES string of the molecule is C=C1/C(=C\C=C2/CCC[C@@]3(C)C2CC[C@@H]3[C@H](C)CCCC(C)C)C[C@@H](O)C[C@@H]1O. The van der Waals surface area contributed by atoms with Crippen molar-refractivity contribution in [1.82, 2.24) is 0 Å². The van der Waals surface area contributed by atoms with Crippen molar-refractivity contribution in [3.63, 3.8) is 0 Å². The predicted octanol–water partition coefficient (Wildman–Crippen LogP) is 6.59. The van der Waals surface area contributed by atoms with Crippen LogP contribution >= 0.6 is 0 Å². The van der Waals surface area contributed by atoms with Gasteiger partial charge >= 0.3 is 0 Å². The lowest BCUT2D eigenvalue weighted by Gasteiger charge is -2.44. The molecule has 0 bridgehead atoms. The maximum absolute atomic E-state index is 10.1. The number of hydrogen-bond donors (Lipinski definition) is 2. The molecule has 0 aromatic carbocycles. The Morgan fingerprint density at radius 1 is 1.14 bits per heavy atom. The van der Waals surface area contributed by atoms with Gasteiger partial charge in [0.2, 0.25) is 0 Å². The fourth-order valence-corrected chi connectivity index (χ4v) is 6.73. The van der Waals surface area contributed by atoms with E-state index in [1.165, 1.54) is 51.4 Å². The van der Waals surface area contributed by atoms with E-state index in [1.807, 2.05) is 0 Å². The minimum absolute atomic E-state index is 0.420. The zero-order valence-electron chi connectivity index (χ0n) is 19.3. The van der Waals surface area contributed by atoms with Crippen molar-refractivity contribution in [3.05, 3.63) is 35.5 Å². The summed E-state index contributed by atoms with van der Waals surface area (Å²) >= 11 is 0. The summed E-state index contributed by atoms with van der Waals surface area (Å²) in [6.07, 6.45) is 15.2. The van der Waals surface area contributed by atoms with Crippen LogP contribution in [0.1, 0.15) is 91.9 Å². The minimum Gasteiger partial charge on any atom is -0.393 e. The number of aliphatic hydroxyl groups is 2. The largest absolute Gasteiger partial charge is 0.393 e. The van der Waals surface area contributed by atoms with Gasteiger partial charge in [0, 0.05) is 6.42 Å². The molecular formula is C27H44O2. The molecule has 0 amide bonds. The molecule has 1 unspecified atom stereocenters. The topological polar surface area (TPSA) is 40.5 Å². The third-order valence-corrected chi connectivity index (χ3v) is 8.43. The van der Waals surface area contributed by atoms with Gasteiger partial charge in [-0.25, -0.2) is 0 Å². The fourth-order valence-electron chi connectivity index (χ4n) is 6.73. The van der Waals surface area contributed by atoms with E-state index in [0.717, 1.165) is 28.9 Å². The molecule has 0 radical (unpaired) electrons. The van der Waals surface area contributed by atoms with E-state index < -0.39 is 12.2 Å². The smallest absolute Gasteiger partial charge is 0.0811 e. The van der Waals surface area contributed by atoms with E-state index >= 15 is 0 Å². The van der Waals surface area contributed by atoms with Crippen LogP contribution in [-0.2, 0) is 0 Å². The van der Waals surface area contributed by atoms with Gasteiger partial charge in [0.15, 0.2) is 0 Å². The number of allylic oxidation sites excluding steroid dienone is 3. The molecule has 0 spiro atoms. The highest BCUT2D eigenvalue weighted by molar-refractivity contribution is 5.38. The minimum atomic E-state index is -0.595. The molecule has 0 aromatic heterocycles. The van der Waals surface area contributed by atoms with Crippen LogP contribution < -0.4 is 0 Å². The first-order valence-corrected chi connectivity index (χ1v) is 12.2. The van der Waals surface area contributed by atoms with Crippen molar-refractivity contribution in [2.45, 2.75) is 104 Å². The van der Waals surface area contributed by atoms with Crippen molar-refractivity contribution in [2.75, 3.05) is 0 Å². The molecule has 2 nitrogen and oxygen atoms in total. The van der Waals surface area contributed by atoms with E-state index in [4.69, 9.17) is 0 Å². The summed E-state index contributed by atoms with van der Waals surface area (Å²) < 4.78 is 0. The van der Waals surface area contributed by atoms with Gasteiger partial charge in [-0.3, -0.25) is 0 Å². The molecule has 3 aliphatic carbocycles. The highest BCUT2D eigenvalue weighted by Gasteiger charge is 2.50. The Morgan fingerprint density at radius 2 is 1.90 bits per heavy atom. The first-order chi connectivity index (χ1) is 13.7. The second kappa shape index (κ2) is 9.52. The van der Waals surface area contributed by atoms with Gasteiger partial charge in [-0.2, -0.15) is 0 Å². The normalized spacial score (nSPS) is 39.3. The molecule has 0 aliphatic heterocycles. The molecule has 3 rings (SSSR count). The quantitative estimate of drug-likeness (QED) is 0.528. The van der Waals surface area contributed by atoms with Gasteiger partial charge in [0.05, 0.1) is 12.2 Å². The Morgan fingerprint density at radius 3 is 2.62 bits per heavy atom. The summed E-state index contributed by atoms with van der Waals surface area (Å²) in [5.41, 5.74) is 3.88. The van der Waals surface area contributed by atoms with Crippen LogP contribution in [0.4, 0.5) is 0 Å². The van der Waals surface area contributed by atoms with Gasteiger partial charge in [-0.1, -0.05) is 71.3 Å². The van der Waals surface area contributed by atoms with Gasteiger partial charge in [0.1, 0.15) is 0 Å². The zero-order valence-corrected chi connectivity index (χ0v) is 19.3. The second-order valence-electron chi connectivity index (χ2n) is 11.0. The standard InChI is InChI=1S/C27H44O2/c1-18(2)8-6-9-19(3)24-13-14-25-21(10-7-15-27(24,25)5)11-12-22-16-23(28)17-26(29)20(22)4/h11-12,18-19,23-26,28-29H,4,6-10,13-17H2,1-3,5H3/b21-11+,22-12-/t19-,23-,24-,25?,26+,27-/m1/s1. The molecule has 0 saturated heterocycles. The summed E-state index contributed by atoms with van der Waals surface area (Å²) in [7, 11) is 0. The van der Waals surface area contributed by atoms with Crippen molar-refractivity contribution in [2.24, 2.45) is 29.1 Å². The number of rotatable bonds is 6. The van der Waals surface area contributed by atoms with Crippen molar-refractivity contribution in [1.29, 1.82) is 0 Å². The van der Waals surface area contributed by atoms with Crippen LogP contribution in [-0.4, -0.2) is 22.4 Å². The zero-order chi connectivity index (χ0) is 21.2. The van der Waals surface area contributed by atoms with Crippen LogP contribution in [0.3, 0.4) is 0 Å². The number of hydrogen-bond acceptors (Lipinski definition) is 2. The third kappa shape index (κ3) is 5.07. The molecule has 3 fully saturated rings. The number of aliphatic hydroxyl groups excluding tert-OH is 2. The highest BCUT2D eigenvalue weighted by atomic mass is 16.3. The van der Waals surface area contributed by atoms with Crippen LogP contribution in [0, 0.1) is 29.1 Å². The molecule has 0 aromatic rings. The third-order valence-electron chi connectivity index (χ3n) is 8.43. The maximum Gasteiger partial charge on any atom is 0.0811 e. The Labute approximate surface area is 179 Å². The van der Waals surface area contributed by atoms with Crippen molar-refractivity contribution < 1.29 is 10.2 Å². The molecule has 164 valence electrons. The summed E-state index contributed by atoms with van der Waals surface area (Å²) in [6, 6.07) is 0. The molecular weight excluding hydrogens is 356 g/mol. The van der Waals surface area contributed by atoms with Gasteiger partial charge < -0.3 is 10.2 Å². The summed E-state index contributed by atoms with van der Waals surface area (Å²) in [5.74, 6) is 3.20. The average molecular weight is 401 g/mol. The second-order valence-corrected chi connectivity index (χ2v) is 11.0. The van der Waals surface area contributed by atoms with Gasteiger partial charge in [0.25, 0.3) is 0 Å².